The number of hydrogen-bond donors (Lipinski definition) is 0. The zero-order chi connectivity index (χ0) is 24.4. The number of aryl methyl sites for hydroxylation is 1. The number of benzene rings is 3. The van der Waals surface area contributed by atoms with Crippen molar-refractivity contribution < 1.29 is 19.0 Å². The number of cyclic esters (lactones) is 1. The van der Waals surface area contributed by atoms with Crippen LogP contribution in [0.5, 0.6) is 11.5 Å². The predicted molar refractivity (Wildman–Crippen MR) is 137 cm³/mol. The molecule has 0 bridgehead atoms. The van der Waals surface area contributed by atoms with Crippen LogP contribution in [0.15, 0.2) is 93.4 Å². The van der Waals surface area contributed by atoms with Crippen LogP contribution in [0.2, 0.25) is 0 Å². The fraction of sp³-hybridized carbons (Fsp3) is 0.107. The van der Waals surface area contributed by atoms with Gasteiger partial charge >= 0.3 is 5.97 Å². The molecule has 0 atom stereocenters. The Hall–Kier alpha value is -4.10. The van der Waals surface area contributed by atoms with Gasteiger partial charge in [0.2, 0.25) is 5.90 Å². The van der Waals surface area contributed by atoms with E-state index in [-0.39, 0.29) is 11.6 Å². The van der Waals surface area contributed by atoms with Gasteiger partial charge in [0.15, 0.2) is 17.2 Å². The maximum Gasteiger partial charge on any atom is 0.363 e. The van der Waals surface area contributed by atoms with E-state index in [9.17, 15) is 4.79 Å². The van der Waals surface area contributed by atoms with Gasteiger partial charge in [-0.25, -0.2) is 14.8 Å². The first-order valence-corrected chi connectivity index (χ1v) is 11.7. The van der Waals surface area contributed by atoms with Crippen molar-refractivity contribution in [2.45, 2.75) is 16.8 Å². The number of nitrogens with zero attached hydrogens (tertiary/aromatic N) is 2. The fourth-order valence-electron chi connectivity index (χ4n) is 3.73. The molecule has 4 aromatic rings. The SMILES string of the molecule is COc1ccc(C2=N/C(=C/c3cc4cc(C)ccc4nc3Sc3ccccc3)C(=O)O2)cc1OC. The lowest BCUT2D eigenvalue weighted by atomic mass is 10.1. The third-order valence-corrected chi connectivity index (χ3v) is 6.49. The quantitative estimate of drug-likeness (QED) is 0.246. The van der Waals surface area contributed by atoms with Gasteiger partial charge in [0, 0.05) is 21.4 Å². The molecule has 0 radical (unpaired) electrons. The summed E-state index contributed by atoms with van der Waals surface area (Å²) in [6.07, 6.45) is 1.73. The zero-order valence-electron chi connectivity index (χ0n) is 19.4. The highest BCUT2D eigenvalue weighted by Gasteiger charge is 2.25. The second kappa shape index (κ2) is 9.64. The molecular weight excluding hydrogens is 460 g/mol. The minimum atomic E-state index is -0.519. The Balaban J connectivity index is 1.58. The van der Waals surface area contributed by atoms with Crippen LogP contribution >= 0.6 is 11.8 Å². The maximum atomic E-state index is 12.7. The number of carbonyl (C=O) groups excluding carboxylic acids is 1. The second-order valence-electron chi connectivity index (χ2n) is 7.90. The van der Waals surface area contributed by atoms with Crippen molar-refractivity contribution in [1.29, 1.82) is 0 Å². The van der Waals surface area contributed by atoms with E-state index >= 15 is 0 Å². The molecule has 2 heterocycles. The molecule has 1 aromatic heterocycles. The van der Waals surface area contributed by atoms with Crippen LogP contribution < -0.4 is 9.47 Å². The predicted octanol–water partition coefficient (Wildman–Crippen LogP) is 6.06. The third-order valence-electron chi connectivity index (χ3n) is 5.46. The van der Waals surface area contributed by atoms with Crippen LogP contribution in [0, 0.1) is 6.92 Å². The van der Waals surface area contributed by atoms with Crippen molar-refractivity contribution in [3.63, 3.8) is 0 Å². The lowest BCUT2D eigenvalue weighted by Gasteiger charge is -2.08. The molecule has 35 heavy (non-hydrogen) atoms. The van der Waals surface area contributed by atoms with Gasteiger partial charge in [-0.15, -0.1) is 0 Å². The van der Waals surface area contributed by atoms with Crippen LogP contribution in [0.3, 0.4) is 0 Å². The highest BCUT2D eigenvalue weighted by atomic mass is 32.2. The molecule has 1 aliphatic heterocycles. The lowest BCUT2D eigenvalue weighted by Crippen LogP contribution is -2.06. The number of ether oxygens (including phenoxy) is 3. The number of aliphatic imine (C=N–C) groups is 1. The summed E-state index contributed by atoms with van der Waals surface area (Å²) in [5.74, 6) is 0.799. The summed E-state index contributed by atoms with van der Waals surface area (Å²) in [5, 5.41) is 1.77. The number of esters is 1. The molecule has 0 unspecified atom stereocenters. The summed E-state index contributed by atoms with van der Waals surface area (Å²) in [4.78, 5) is 23.2. The van der Waals surface area contributed by atoms with Crippen LogP contribution in [-0.4, -0.2) is 31.1 Å². The number of hydrogen-bond acceptors (Lipinski definition) is 7. The summed E-state index contributed by atoms with van der Waals surface area (Å²) >= 11 is 1.54. The number of methoxy groups -OCH3 is 2. The minimum absolute atomic E-state index is 0.207. The number of aromatic nitrogens is 1. The van der Waals surface area contributed by atoms with Crippen LogP contribution in [0.4, 0.5) is 0 Å². The first-order valence-electron chi connectivity index (χ1n) is 10.9. The van der Waals surface area contributed by atoms with Crippen LogP contribution in [-0.2, 0) is 9.53 Å². The van der Waals surface area contributed by atoms with Gasteiger partial charge in [0.25, 0.3) is 0 Å². The van der Waals surface area contributed by atoms with Gasteiger partial charge in [-0.3, -0.25) is 0 Å². The molecule has 0 amide bonds. The van der Waals surface area contributed by atoms with Gasteiger partial charge in [0.05, 0.1) is 19.7 Å². The average molecular weight is 483 g/mol. The molecule has 0 aliphatic carbocycles. The Morgan fingerprint density at radius 2 is 1.71 bits per heavy atom. The molecule has 0 fully saturated rings. The Bertz CT molecular complexity index is 1500. The first kappa shape index (κ1) is 22.7. The lowest BCUT2D eigenvalue weighted by molar-refractivity contribution is -0.129. The molecule has 0 N–H and O–H groups in total. The molecule has 5 rings (SSSR count). The number of rotatable bonds is 6. The summed E-state index contributed by atoms with van der Waals surface area (Å²) in [6, 6.07) is 23.4. The average Bonchev–Trinajstić information content (AvgIpc) is 3.24. The van der Waals surface area contributed by atoms with Crippen molar-refractivity contribution in [3.8, 4) is 11.5 Å². The van der Waals surface area contributed by atoms with Gasteiger partial charge in [0.1, 0.15) is 5.03 Å². The normalized spacial score (nSPS) is 14.2. The highest BCUT2D eigenvalue weighted by molar-refractivity contribution is 7.99. The van der Waals surface area contributed by atoms with E-state index in [2.05, 4.69) is 11.1 Å². The topological polar surface area (TPSA) is 70.0 Å². The first-order chi connectivity index (χ1) is 17.0. The van der Waals surface area contributed by atoms with Gasteiger partial charge in [-0.1, -0.05) is 41.6 Å². The largest absolute Gasteiger partial charge is 0.493 e. The Morgan fingerprint density at radius 3 is 2.49 bits per heavy atom. The molecular formula is C28H22N2O4S. The van der Waals surface area contributed by atoms with E-state index in [1.807, 2.05) is 55.5 Å². The maximum absolute atomic E-state index is 12.7. The Labute approximate surface area is 207 Å². The summed E-state index contributed by atoms with van der Waals surface area (Å²) < 4.78 is 16.1. The van der Waals surface area contributed by atoms with Gasteiger partial charge in [-0.05, 0) is 61.5 Å². The molecule has 6 nitrogen and oxygen atoms in total. The molecule has 7 heteroatoms. The highest BCUT2D eigenvalue weighted by Crippen LogP contribution is 2.34. The molecule has 174 valence electrons. The second-order valence-corrected chi connectivity index (χ2v) is 8.96. The van der Waals surface area contributed by atoms with E-state index in [4.69, 9.17) is 19.2 Å². The van der Waals surface area contributed by atoms with Crippen molar-refractivity contribution in [2.24, 2.45) is 4.99 Å². The van der Waals surface area contributed by atoms with Crippen molar-refractivity contribution in [3.05, 3.63) is 95.2 Å². The van der Waals surface area contributed by atoms with E-state index in [1.54, 1.807) is 38.5 Å². The summed E-state index contributed by atoms with van der Waals surface area (Å²) in [7, 11) is 3.12. The molecule has 3 aromatic carbocycles. The third kappa shape index (κ3) is 4.76. The van der Waals surface area contributed by atoms with E-state index in [1.165, 1.54) is 11.8 Å². The standard InChI is InChI=1S/C28H22N2O4S/c1-17-9-11-22-19(13-17)14-20(27(30-22)35-21-7-5-4-6-8-21)15-23-28(31)34-26(29-23)18-10-12-24(32-2)25(16-18)33-3/h4-16H,1-3H3/b23-15+. The molecule has 0 saturated heterocycles. The van der Waals surface area contributed by atoms with Crippen molar-refractivity contribution in [1.82, 2.24) is 4.98 Å². The van der Waals surface area contributed by atoms with Crippen LogP contribution in [0.1, 0.15) is 16.7 Å². The zero-order valence-corrected chi connectivity index (χ0v) is 20.3. The number of pyridine rings is 1. The Morgan fingerprint density at radius 1 is 0.914 bits per heavy atom. The molecule has 1 aliphatic rings. The Kier molecular flexibility index (Phi) is 6.25. The van der Waals surface area contributed by atoms with E-state index in [0.717, 1.165) is 32.0 Å². The smallest absolute Gasteiger partial charge is 0.363 e. The van der Waals surface area contributed by atoms with Crippen molar-refractivity contribution >= 4 is 40.6 Å². The van der Waals surface area contributed by atoms with Gasteiger partial charge < -0.3 is 14.2 Å². The fourth-order valence-corrected chi connectivity index (χ4v) is 4.63. The molecule has 0 saturated carbocycles. The van der Waals surface area contributed by atoms with Crippen LogP contribution in [0.25, 0.3) is 17.0 Å². The van der Waals surface area contributed by atoms with E-state index < -0.39 is 5.97 Å². The minimum Gasteiger partial charge on any atom is -0.493 e. The molecule has 0 spiro atoms. The van der Waals surface area contributed by atoms with E-state index in [0.29, 0.717) is 17.1 Å². The van der Waals surface area contributed by atoms with Gasteiger partial charge in [-0.2, -0.15) is 0 Å². The number of carbonyl (C=O) groups is 1. The van der Waals surface area contributed by atoms with Crippen molar-refractivity contribution in [2.75, 3.05) is 14.2 Å². The number of fused-ring (bicyclic) bond motifs is 1. The summed E-state index contributed by atoms with van der Waals surface area (Å²) in [6.45, 7) is 2.04. The summed E-state index contributed by atoms with van der Waals surface area (Å²) in [5.41, 5.74) is 3.64. The monoisotopic (exact) mass is 482 g/mol.